The fourth-order valence-electron chi connectivity index (χ4n) is 7.67. The van der Waals surface area contributed by atoms with Crippen molar-refractivity contribution in [1.29, 1.82) is 0 Å². The third-order valence-electron chi connectivity index (χ3n) is 11.1. The molecular weight excluding hydrogens is 620 g/mol. The van der Waals surface area contributed by atoms with E-state index in [2.05, 4.69) is 36.3 Å². The van der Waals surface area contributed by atoms with Gasteiger partial charge in [-0.15, -0.1) is 0 Å². The van der Waals surface area contributed by atoms with Crippen LogP contribution in [0.15, 0.2) is 0 Å². The van der Waals surface area contributed by atoms with Crippen molar-refractivity contribution in [3.63, 3.8) is 0 Å². The largest absolute Gasteiger partial charge is 0.458 e. The normalized spacial score (nSPS) is 42.2. The quantitative estimate of drug-likeness (QED) is 0.255. The van der Waals surface area contributed by atoms with Crippen molar-refractivity contribution < 1.29 is 43.2 Å². The number of amides is 1. The van der Waals surface area contributed by atoms with Gasteiger partial charge in [-0.05, 0) is 94.4 Å². The van der Waals surface area contributed by atoms with Gasteiger partial charge in [0.2, 0.25) is 0 Å². The molecule has 0 aromatic carbocycles. The van der Waals surface area contributed by atoms with Crippen LogP contribution in [0.1, 0.15) is 81.6 Å². The van der Waals surface area contributed by atoms with Crippen LogP contribution < -0.4 is 10.6 Å². The number of nitrogens with zero attached hydrogens (tertiary/aromatic N) is 2. The molecule has 0 aromatic rings. The van der Waals surface area contributed by atoms with Gasteiger partial charge in [0.1, 0.15) is 18.1 Å². The van der Waals surface area contributed by atoms with Crippen LogP contribution in [0.5, 0.6) is 0 Å². The monoisotopic (exact) mass is 684 g/mol. The van der Waals surface area contributed by atoms with Crippen LogP contribution in [-0.2, 0) is 33.3 Å². The van der Waals surface area contributed by atoms with Crippen LogP contribution >= 0.6 is 0 Å². The molecule has 3 fully saturated rings. The molecule has 0 saturated carbocycles. The number of nitrogens with one attached hydrogen (secondary N) is 2. The Bertz CT molecular complexity index is 1110. The summed E-state index contributed by atoms with van der Waals surface area (Å²) in [4.78, 5) is 44.5. The summed E-state index contributed by atoms with van der Waals surface area (Å²) in [6.07, 6.45) is -3.07. The number of alkyl carbamates (subject to hydrolysis) is 1. The molecule has 0 aromatic heterocycles. The lowest BCUT2D eigenvalue weighted by Gasteiger charge is -2.47. The standard InChI is InChI=1S/C35H64N4O9/c1-14-26-35(9)29(37-33(43)48-35)23(7)36-17-20(4)16-34(8,44-13)30(21(5)27(40)22(6)31(42)46-26)47-32-28(41)25(38(10)11)15-24(45-32)18-39(12)19(2)3/h19-26,28-30,32,36,41H,14-18H2,1-13H3,(H,37,43)/t20-,21+,22-,23-,24?,25?,26-,28?,29-,30-,32+,34-,35-/m1/s1. The van der Waals surface area contributed by atoms with E-state index in [0.29, 0.717) is 38.4 Å². The summed E-state index contributed by atoms with van der Waals surface area (Å²) in [6, 6.07) is -0.681. The van der Waals surface area contributed by atoms with E-state index < -0.39 is 65.7 Å². The van der Waals surface area contributed by atoms with E-state index in [1.54, 1.807) is 21.0 Å². The molecule has 0 spiro atoms. The summed E-state index contributed by atoms with van der Waals surface area (Å²) in [7, 11) is 7.47. The van der Waals surface area contributed by atoms with E-state index in [-0.39, 0.29) is 29.9 Å². The van der Waals surface area contributed by atoms with E-state index in [1.807, 2.05) is 46.8 Å². The molecule has 0 radical (unpaired) electrons. The Morgan fingerprint density at radius 1 is 1.08 bits per heavy atom. The lowest BCUT2D eigenvalue weighted by molar-refractivity contribution is -0.299. The number of aliphatic hydroxyl groups excluding tert-OH is 1. The number of rotatable bonds is 8. The third kappa shape index (κ3) is 8.88. The first-order chi connectivity index (χ1) is 22.3. The molecule has 0 aliphatic carbocycles. The van der Waals surface area contributed by atoms with Crippen LogP contribution in [0.25, 0.3) is 0 Å². The van der Waals surface area contributed by atoms with Crippen LogP contribution in [0, 0.1) is 17.8 Å². The van der Waals surface area contributed by atoms with Gasteiger partial charge in [0.25, 0.3) is 0 Å². The predicted octanol–water partition coefficient (Wildman–Crippen LogP) is 2.57. The number of carbonyl (C=O) groups excluding carboxylic acids is 3. The van der Waals surface area contributed by atoms with Gasteiger partial charge in [-0.1, -0.05) is 20.8 Å². The van der Waals surface area contributed by atoms with Gasteiger partial charge in [-0.2, -0.15) is 0 Å². The van der Waals surface area contributed by atoms with Crippen molar-refractivity contribution in [3.8, 4) is 0 Å². The first kappa shape index (κ1) is 40.6. The van der Waals surface area contributed by atoms with Crippen molar-refractivity contribution in [3.05, 3.63) is 0 Å². The zero-order chi connectivity index (χ0) is 36.3. The van der Waals surface area contributed by atoms with Crippen molar-refractivity contribution in [2.45, 2.75) is 148 Å². The number of methoxy groups -OCH3 is 1. The molecule has 3 unspecified atom stereocenters. The molecule has 3 heterocycles. The second-order valence-corrected chi connectivity index (χ2v) is 15.4. The van der Waals surface area contributed by atoms with Crippen LogP contribution in [-0.4, -0.2) is 140 Å². The number of Topliss-reactive ketones (excluding diaryl/α,β-unsaturated/α-hetero) is 1. The predicted molar refractivity (Wildman–Crippen MR) is 181 cm³/mol. The highest BCUT2D eigenvalue weighted by Crippen LogP contribution is 2.37. The number of ether oxygens (including phenoxy) is 5. The number of hydrogen-bond acceptors (Lipinski definition) is 12. The van der Waals surface area contributed by atoms with E-state index in [1.165, 1.54) is 6.92 Å². The molecule has 3 saturated heterocycles. The molecule has 13 atom stereocenters. The fraction of sp³-hybridized carbons (Fsp3) is 0.914. The Morgan fingerprint density at radius 2 is 1.73 bits per heavy atom. The number of hydrogen-bond donors (Lipinski definition) is 3. The van der Waals surface area contributed by atoms with Crippen molar-refractivity contribution in [2.75, 3.05) is 41.3 Å². The second-order valence-electron chi connectivity index (χ2n) is 15.4. The second kappa shape index (κ2) is 16.4. The van der Waals surface area contributed by atoms with Gasteiger partial charge < -0.3 is 49.2 Å². The number of esters is 1. The molecule has 1 amide bonds. The zero-order valence-corrected chi connectivity index (χ0v) is 31.6. The maximum Gasteiger partial charge on any atom is 0.408 e. The highest BCUT2D eigenvalue weighted by Gasteiger charge is 2.55. The van der Waals surface area contributed by atoms with Crippen molar-refractivity contribution in [2.24, 2.45) is 17.8 Å². The first-order valence-corrected chi connectivity index (χ1v) is 17.7. The van der Waals surface area contributed by atoms with E-state index >= 15 is 0 Å². The van der Waals surface area contributed by atoms with Gasteiger partial charge in [0, 0.05) is 37.7 Å². The average molecular weight is 685 g/mol. The average Bonchev–Trinajstić information content (AvgIpc) is 3.34. The van der Waals surface area contributed by atoms with Crippen molar-refractivity contribution >= 4 is 17.8 Å². The Labute approximate surface area is 288 Å². The van der Waals surface area contributed by atoms with Gasteiger partial charge >= 0.3 is 12.1 Å². The summed E-state index contributed by atoms with van der Waals surface area (Å²) in [5.74, 6) is -3.06. The number of aliphatic hydroxyl groups is 1. The number of fused-ring (bicyclic) bond motifs is 1. The van der Waals surface area contributed by atoms with Gasteiger partial charge in [-0.25, -0.2) is 4.79 Å². The van der Waals surface area contributed by atoms with Crippen LogP contribution in [0.4, 0.5) is 4.79 Å². The molecule has 3 aliphatic rings. The third-order valence-corrected chi connectivity index (χ3v) is 11.1. The molecule has 278 valence electrons. The summed E-state index contributed by atoms with van der Waals surface area (Å²) >= 11 is 0. The van der Waals surface area contributed by atoms with Gasteiger partial charge in [-0.3, -0.25) is 9.59 Å². The number of cyclic esters (lactones) is 1. The minimum atomic E-state index is -1.16. The van der Waals surface area contributed by atoms with Crippen LogP contribution in [0.3, 0.4) is 0 Å². The first-order valence-electron chi connectivity index (χ1n) is 17.7. The summed E-state index contributed by atoms with van der Waals surface area (Å²) in [5, 5.41) is 18.0. The number of ketones is 1. The van der Waals surface area contributed by atoms with Gasteiger partial charge in [0.15, 0.2) is 17.7 Å². The molecule has 48 heavy (non-hydrogen) atoms. The lowest BCUT2D eigenvalue weighted by atomic mass is 9.78. The summed E-state index contributed by atoms with van der Waals surface area (Å²) < 4.78 is 31.2. The molecule has 13 nitrogen and oxygen atoms in total. The molecule has 3 rings (SSSR count). The maximum absolute atomic E-state index is 14.2. The van der Waals surface area contributed by atoms with E-state index in [9.17, 15) is 19.5 Å². The molecule has 0 bridgehead atoms. The highest BCUT2D eigenvalue weighted by molar-refractivity contribution is 6.00. The minimum Gasteiger partial charge on any atom is -0.458 e. The van der Waals surface area contributed by atoms with Crippen molar-refractivity contribution in [1.82, 2.24) is 20.4 Å². The number of likely N-dealkylation sites (N-methyl/N-ethyl adjacent to an activating group) is 2. The molecule has 13 heteroatoms. The lowest BCUT2D eigenvalue weighted by Crippen LogP contribution is -2.60. The molecular formula is C35H64N4O9. The zero-order valence-electron chi connectivity index (χ0n) is 31.6. The fourth-order valence-corrected chi connectivity index (χ4v) is 7.67. The molecule has 3 aliphatic heterocycles. The SMILES string of the molecule is CC[C@H]1OC(=O)[C@H](C)C(=O)[C@H](C)[C@@H](O[C@@H]2OC(CN(C)C(C)C)CC(N(C)C)C2O)[C@](C)(OC)C[C@@H](C)CN[C@H](C)[C@H]2NC(=O)O[C@@]21C. The van der Waals surface area contributed by atoms with Gasteiger partial charge in [0.05, 0.1) is 23.9 Å². The Hall–Kier alpha value is -1.87. The highest BCUT2D eigenvalue weighted by atomic mass is 16.7. The van der Waals surface area contributed by atoms with Crippen LogP contribution in [0.2, 0.25) is 0 Å². The summed E-state index contributed by atoms with van der Waals surface area (Å²) in [5.41, 5.74) is -2.18. The minimum absolute atomic E-state index is 0.0247. The van der Waals surface area contributed by atoms with E-state index in [4.69, 9.17) is 23.7 Å². The topological polar surface area (TPSA) is 148 Å². The Morgan fingerprint density at radius 3 is 2.29 bits per heavy atom. The van der Waals surface area contributed by atoms with E-state index in [0.717, 1.165) is 0 Å². The molecule has 3 N–H and O–H groups in total. The Kier molecular flexibility index (Phi) is 13.9. The maximum atomic E-state index is 14.2. The smallest absolute Gasteiger partial charge is 0.408 e. The number of carbonyl (C=O) groups is 3. The summed E-state index contributed by atoms with van der Waals surface area (Å²) in [6.45, 7) is 18.3. The Balaban J connectivity index is 2.03.